The molecule has 1 unspecified atom stereocenters. The van der Waals surface area contributed by atoms with Gasteiger partial charge in [-0.25, -0.2) is 0 Å². The van der Waals surface area contributed by atoms with E-state index in [-0.39, 0.29) is 12.5 Å². The lowest BCUT2D eigenvalue weighted by Gasteiger charge is -2.42. The lowest BCUT2D eigenvalue weighted by molar-refractivity contribution is -0.138. The summed E-state index contributed by atoms with van der Waals surface area (Å²) in [5.74, 6) is 0.145. The van der Waals surface area contributed by atoms with Gasteiger partial charge in [0.25, 0.3) is 0 Å². The maximum absolute atomic E-state index is 12.5. The Morgan fingerprint density at radius 3 is 2.64 bits per heavy atom. The first-order chi connectivity index (χ1) is 12.2. The van der Waals surface area contributed by atoms with Gasteiger partial charge in [-0.1, -0.05) is 30.3 Å². The Balaban J connectivity index is 1.38. The molecule has 2 heterocycles. The maximum atomic E-state index is 12.5. The van der Waals surface area contributed by atoms with Crippen molar-refractivity contribution >= 4 is 5.91 Å². The number of amides is 1. The Labute approximate surface area is 151 Å². The van der Waals surface area contributed by atoms with Gasteiger partial charge in [-0.2, -0.15) is 0 Å². The van der Waals surface area contributed by atoms with Gasteiger partial charge in [0.2, 0.25) is 5.91 Å². The first kappa shape index (κ1) is 18.4. The van der Waals surface area contributed by atoms with E-state index in [1.54, 1.807) is 0 Å². The summed E-state index contributed by atoms with van der Waals surface area (Å²) in [7, 11) is 2.18. The van der Waals surface area contributed by atoms with E-state index < -0.39 is 0 Å². The zero-order chi connectivity index (χ0) is 17.5. The smallest absolute Gasteiger partial charge is 0.248 e. The van der Waals surface area contributed by atoms with Crippen LogP contribution >= 0.6 is 0 Å². The van der Waals surface area contributed by atoms with Gasteiger partial charge >= 0.3 is 0 Å². The van der Waals surface area contributed by atoms with Crippen molar-refractivity contribution in [3.8, 4) is 0 Å². The quantitative estimate of drug-likeness (QED) is 0.732. The molecule has 0 aliphatic carbocycles. The Bertz CT molecular complexity index is 529. The third-order valence-corrected chi connectivity index (χ3v) is 5.41. The highest BCUT2D eigenvalue weighted by atomic mass is 16.5. The second-order valence-corrected chi connectivity index (χ2v) is 7.26. The van der Waals surface area contributed by atoms with E-state index in [1.807, 2.05) is 23.1 Å². The van der Waals surface area contributed by atoms with Crippen molar-refractivity contribution in [1.82, 2.24) is 14.7 Å². The van der Waals surface area contributed by atoms with Crippen molar-refractivity contribution in [2.45, 2.75) is 25.3 Å². The fraction of sp³-hybridized carbons (Fsp3) is 0.650. The lowest BCUT2D eigenvalue weighted by atomic mass is 10.0. The minimum atomic E-state index is 0.145. The highest BCUT2D eigenvalue weighted by Gasteiger charge is 2.29. The number of hydrogen-bond donors (Lipinski definition) is 0. The molecule has 138 valence electrons. The number of carbonyl (C=O) groups is 1. The van der Waals surface area contributed by atoms with Crippen molar-refractivity contribution in [1.29, 1.82) is 0 Å². The molecule has 0 N–H and O–H groups in total. The fourth-order valence-electron chi connectivity index (χ4n) is 3.75. The topological polar surface area (TPSA) is 36.0 Å². The van der Waals surface area contributed by atoms with Crippen LogP contribution in [0.3, 0.4) is 0 Å². The second kappa shape index (κ2) is 9.32. The van der Waals surface area contributed by atoms with E-state index in [0.717, 1.165) is 52.1 Å². The Morgan fingerprint density at radius 2 is 1.88 bits per heavy atom. The van der Waals surface area contributed by atoms with E-state index in [4.69, 9.17) is 4.74 Å². The van der Waals surface area contributed by atoms with Crippen LogP contribution in [0, 0.1) is 0 Å². The van der Waals surface area contributed by atoms with Crippen molar-refractivity contribution in [2.75, 3.05) is 59.5 Å². The molecule has 2 aliphatic rings. The molecule has 1 amide bonds. The second-order valence-electron chi connectivity index (χ2n) is 7.26. The fourth-order valence-corrected chi connectivity index (χ4v) is 3.75. The van der Waals surface area contributed by atoms with E-state index in [2.05, 4.69) is 29.0 Å². The third-order valence-electron chi connectivity index (χ3n) is 5.41. The molecule has 0 saturated carbocycles. The summed E-state index contributed by atoms with van der Waals surface area (Å²) >= 11 is 0. The average Bonchev–Trinajstić information content (AvgIpc) is 2.66. The number of rotatable bonds is 6. The molecule has 2 saturated heterocycles. The molecule has 5 heteroatoms. The number of benzene rings is 1. The number of piperidine rings is 1. The van der Waals surface area contributed by atoms with E-state index in [1.165, 1.54) is 12.0 Å². The van der Waals surface area contributed by atoms with Gasteiger partial charge in [-0.15, -0.1) is 0 Å². The largest absolute Gasteiger partial charge is 0.371 e. The van der Waals surface area contributed by atoms with Crippen LogP contribution in [0.4, 0.5) is 0 Å². The molecule has 2 fully saturated rings. The Morgan fingerprint density at radius 1 is 1.12 bits per heavy atom. The number of likely N-dealkylation sites (tertiary alicyclic amines) is 1. The first-order valence-corrected chi connectivity index (χ1v) is 9.54. The zero-order valence-electron chi connectivity index (χ0n) is 15.4. The lowest BCUT2D eigenvalue weighted by Crippen LogP contribution is -2.55. The zero-order valence-corrected chi connectivity index (χ0v) is 15.4. The summed E-state index contributed by atoms with van der Waals surface area (Å²) in [5.41, 5.74) is 1.25. The summed E-state index contributed by atoms with van der Waals surface area (Å²) in [6.45, 7) is 7.07. The highest BCUT2D eigenvalue weighted by molar-refractivity contribution is 5.77. The van der Waals surface area contributed by atoms with Crippen LogP contribution in [0.5, 0.6) is 0 Å². The molecular weight excluding hydrogens is 314 g/mol. The van der Waals surface area contributed by atoms with Gasteiger partial charge in [0.05, 0.1) is 6.61 Å². The third kappa shape index (κ3) is 5.53. The number of nitrogens with zero attached hydrogens (tertiary/aromatic N) is 3. The monoisotopic (exact) mass is 345 g/mol. The molecule has 1 aromatic rings. The van der Waals surface area contributed by atoms with Gasteiger partial charge in [0.15, 0.2) is 0 Å². The molecule has 0 aromatic heterocycles. The van der Waals surface area contributed by atoms with Crippen molar-refractivity contribution < 1.29 is 9.53 Å². The Kier molecular flexibility index (Phi) is 6.84. The first-order valence-electron chi connectivity index (χ1n) is 9.54. The van der Waals surface area contributed by atoms with Gasteiger partial charge in [0, 0.05) is 45.3 Å². The van der Waals surface area contributed by atoms with Gasteiger partial charge in [0.1, 0.15) is 6.61 Å². The van der Waals surface area contributed by atoms with Gasteiger partial charge in [-0.05, 0) is 31.9 Å². The molecule has 1 atom stereocenters. The molecule has 1 aromatic carbocycles. The standard InChI is InChI=1S/C20H31N3O2/c1-21-11-13-22(14-12-21)19-8-5-10-23(16-19)20(24)17-25-15-9-18-6-3-2-4-7-18/h2-4,6-7,19H,5,8-17H2,1H3. The van der Waals surface area contributed by atoms with E-state index in [0.29, 0.717) is 12.6 Å². The molecule has 0 spiro atoms. The Hall–Kier alpha value is -1.43. The summed E-state index contributed by atoms with van der Waals surface area (Å²) in [4.78, 5) is 19.4. The summed E-state index contributed by atoms with van der Waals surface area (Å²) < 4.78 is 5.64. The molecule has 0 bridgehead atoms. The van der Waals surface area contributed by atoms with Crippen molar-refractivity contribution in [3.63, 3.8) is 0 Å². The average molecular weight is 345 g/mol. The van der Waals surface area contributed by atoms with Crippen molar-refractivity contribution in [2.24, 2.45) is 0 Å². The maximum Gasteiger partial charge on any atom is 0.248 e. The molecule has 3 rings (SSSR count). The molecule has 0 radical (unpaired) electrons. The van der Waals surface area contributed by atoms with Crippen LogP contribution in [0.1, 0.15) is 18.4 Å². The highest BCUT2D eigenvalue weighted by Crippen LogP contribution is 2.17. The normalized spacial score (nSPS) is 22.9. The number of hydrogen-bond acceptors (Lipinski definition) is 4. The minimum Gasteiger partial charge on any atom is -0.371 e. The van der Waals surface area contributed by atoms with Crippen LogP contribution in [-0.4, -0.2) is 86.2 Å². The number of ether oxygens (including phenoxy) is 1. The molecule has 25 heavy (non-hydrogen) atoms. The number of likely N-dealkylation sites (N-methyl/N-ethyl adjacent to an activating group) is 1. The summed E-state index contributed by atoms with van der Waals surface area (Å²) in [6, 6.07) is 10.8. The van der Waals surface area contributed by atoms with Crippen LogP contribution in [0.25, 0.3) is 0 Å². The summed E-state index contributed by atoms with van der Waals surface area (Å²) in [5, 5.41) is 0. The van der Waals surface area contributed by atoms with Crippen LogP contribution < -0.4 is 0 Å². The predicted octanol–water partition coefficient (Wildman–Crippen LogP) is 1.48. The molecular formula is C20H31N3O2. The molecule has 5 nitrogen and oxygen atoms in total. The van der Waals surface area contributed by atoms with E-state index in [9.17, 15) is 4.79 Å². The van der Waals surface area contributed by atoms with Crippen LogP contribution in [0.2, 0.25) is 0 Å². The van der Waals surface area contributed by atoms with Crippen molar-refractivity contribution in [3.05, 3.63) is 35.9 Å². The number of carbonyl (C=O) groups excluding carboxylic acids is 1. The minimum absolute atomic E-state index is 0.145. The van der Waals surface area contributed by atoms with Gasteiger partial charge < -0.3 is 14.5 Å². The van der Waals surface area contributed by atoms with Crippen LogP contribution in [0.15, 0.2) is 30.3 Å². The van der Waals surface area contributed by atoms with Gasteiger partial charge in [-0.3, -0.25) is 9.69 Å². The van der Waals surface area contributed by atoms with Crippen LogP contribution in [-0.2, 0) is 16.0 Å². The number of piperazine rings is 1. The molecule has 2 aliphatic heterocycles. The predicted molar refractivity (Wildman–Crippen MR) is 99.6 cm³/mol. The SMILES string of the molecule is CN1CCN(C2CCCN(C(=O)COCCc3ccccc3)C2)CC1. The summed E-state index contributed by atoms with van der Waals surface area (Å²) in [6.07, 6.45) is 3.17. The van der Waals surface area contributed by atoms with E-state index >= 15 is 0 Å².